The highest BCUT2D eigenvalue weighted by molar-refractivity contribution is 7.80. The summed E-state index contributed by atoms with van der Waals surface area (Å²) in [7, 11) is 3.25. The average molecular weight is 484 g/mol. The number of hydrogen-bond acceptors (Lipinski definition) is 4. The Morgan fingerprint density at radius 1 is 1.15 bits per heavy atom. The van der Waals surface area contributed by atoms with Gasteiger partial charge in [0.15, 0.2) is 5.11 Å². The van der Waals surface area contributed by atoms with Crippen LogP contribution in [0, 0.1) is 6.92 Å². The van der Waals surface area contributed by atoms with E-state index in [1.807, 2.05) is 48.5 Å². The van der Waals surface area contributed by atoms with Crippen LogP contribution in [0.3, 0.4) is 0 Å². The number of thiocarbonyl (C=S) groups is 1. The summed E-state index contributed by atoms with van der Waals surface area (Å²) in [5.74, 6) is 2.22. The van der Waals surface area contributed by atoms with Gasteiger partial charge in [0.2, 0.25) is 0 Å². The second-order valence-electron chi connectivity index (χ2n) is 7.67. The Hall–Kier alpha value is -3.16. The minimum atomic E-state index is 0.535. The van der Waals surface area contributed by atoms with Crippen LogP contribution >= 0.6 is 23.8 Å². The lowest BCUT2D eigenvalue weighted by molar-refractivity contribution is 0.368. The summed E-state index contributed by atoms with van der Waals surface area (Å²) in [6.45, 7) is 3.30. The summed E-state index contributed by atoms with van der Waals surface area (Å²) in [5.41, 5.74) is 4.16. The number of rotatable bonds is 8. The topological polar surface area (TPSA) is 62.7 Å². The Balaban J connectivity index is 1.58. The highest BCUT2D eigenvalue weighted by Gasteiger charge is 2.17. The molecule has 0 aliphatic rings. The number of hydrogen-bond donors (Lipinski definition) is 2. The summed E-state index contributed by atoms with van der Waals surface area (Å²) in [4.78, 5) is 5.53. The van der Waals surface area contributed by atoms with Crippen molar-refractivity contribution in [3.05, 3.63) is 76.8 Å². The normalized spacial score (nSPS) is 10.9. The summed E-state index contributed by atoms with van der Waals surface area (Å²) in [6, 6.07) is 15.3. The molecule has 0 aliphatic heterocycles. The molecule has 0 fully saturated rings. The van der Waals surface area contributed by atoms with Crippen molar-refractivity contribution in [3.63, 3.8) is 0 Å². The van der Waals surface area contributed by atoms with Crippen molar-refractivity contribution < 1.29 is 13.9 Å². The Kier molecular flexibility index (Phi) is 7.11. The van der Waals surface area contributed by atoms with Crippen molar-refractivity contribution >= 4 is 45.5 Å². The first kappa shape index (κ1) is 23.0. The maximum atomic E-state index is 6.26. The third-order valence-corrected chi connectivity index (χ3v) is 6.17. The van der Waals surface area contributed by atoms with Crippen LogP contribution in [0.2, 0.25) is 5.02 Å². The van der Waals surface area contributed by atoms with E-state index in [9.17, 15) is 0 Å². The predicted octanol–water partition coefficient (Wildman–Crippen LogP) is 6.18. The van der Waals surface area contributed by atoms with E-state index < -0.39 is 0 Å². The third-order valence-electron chi connectivity index (χ3n) is 5.58. The lowest BCUT2D eigenvalue weighted by atomic mass is 10.1. The Morgan fingerprint density at radius 2 is 2.00 bits per heavy atom. The molecule has 0 amide bonds. The zero-order valence-corrected chi connectivity index (χ0v) is 20.3. The third kappa shape index (κ3) is 5.26. The van der Waals surface area contributed by atoms with Crippen molar-refractivity contribution in [1.29, 1.82) is 0 Å². The number of anilines is 1. The van der Waals surface area contributed by atoms with Gasteiger partial charge < -0.3 is 29.1 Å². The van der Waals surface area contributed by atoms with Gasteiger partial charge in [0.05, 0.1) is 32.7 Å². The molecule has 0 unspecified atom stereocenters. The van der Waals surface area contributed by atoms with Crippen LogP contribution in [0.4, 0.5) is 5.69 Å². The largest absolute Gasteiger partial charge is 0.497 e. The van der Waals surface area contributed by atoms with E-state index in [1.54, 1.807) is 20.5 Å². The fourth-order valence-corrected chi connectivity index (χ4v) is 4.31. The zero-order chi connectivity index (χ0) is 23.4. The molecule has 2 N–H and O–H groups in total. The van der Waals surface area contributed by atoms with E-state index in [-0.39, 0.29) is 0 Å². The zero-order valence-electron chi connectivity index (χ0n) is 18.8. The number of halogens is 1. The number of nitrogens with one attached hydrogen (secondary N) is 2. The molecular weight excluding hydrogens is 458 g/mol. The van der Waals surface area contributed by atoms with Gasteiger partial charge in [-0.3, -0.25) is 0 Å². The van der Waals surface area contributed by atoms with Crippen LogP contribution in [0.25, 0.3) is 10.9 Å². The highest BCUT2D eigenvalue weighted by Crippen LogP contribution is 2.30. The Bertz CT molecular complexity index is 1250. The molecular formula is C25H26ClN3O3S. The molecule has 0 spiro atoms. The smallest absolute Gasteiger partial charge is 0.173 e. The van der Waals surface area contributed by atoms with Gasteiger partial charge in [-0.25, -0.2) is 0 Å². The quantitative estimate of drug-likeness (QED) is 0.292. The van der Waals surface area contributed by atoms with Crippen molar-refractivity contribution in [2.24, 2.45) is 0 Å². The van der Waals surface area contributed by atoms with Crippen LogP contribution in [-0.2, 0) is 13.0 Å². The highest BCUT2D eigenvalue weighted by atomic mass is 35.5. The van der Waals surface area contributed by atoms with E-state index in [4.69, 9.17) is 37.7 Å². The van der Waals surface area contributed by atoms with Crippen LogP contribution in [0.5, 0.6) is 11.5 Å². The van der Waals surface area contributed by atoms with E-state index in [0.717, 1.165) is 39.5 Å². The molecule has 0 bridgehead atoms. The fraction of sp³-hybridized carbons (Fsp3) is 0.240. The van der Waals surface area contributed by atoms with Crippen molar-refractivity contribution in [2.75, 3.05) is 26.1 Å². The molecule has 0 atom stereocenters. The average Bonchev–Trinajstić information content (AvgIpc) is 3.43. The lowest BCUT2D eigenvalue weighted by Gasteiger charge is -2.26. The van der Waals surface area contributed by atoms with E-state index in [1.165, 1.54) is 5.56 Å². The van der Waals surface area contributed by atoms with E-state index in [0.29, 0.717) is 29.7 Å². The molecule has 2 aromatic carbocycles. The maximum absolute atomic E-state index is 6.26. The van der Waals surface area contributed by atoms with Crippen LogP contribution < -0.4 is 14.8 Å². The summed E-state index contributed by atoms with van der Waals surface area (Å²) in [6.07, 6.45) is 2.45. The van der Waals surface area contributed by atoms with E-state index >= 15 is 0 Å². The number of aromatic amines is 1. The molecule has 0 aliphatic carbocycles. The molecule has 0 radical (unpaired) electrons. The number of methoxy groups -OCH3 is 2. The van der Waals surface area contributed by atoms with Gasteiger partial charge in [0.1, 0.15) is 17.3 Å². The number of benzene rings is 2. The van der Waals surface area contributed by atoms with Crippen molar-refractivity contribution in [3.8, 4) is 11.5 Å². The number of furan rings is 1. The van der Waals surface area contributed by atoms with Crippen LogP contribution in [0.1, 0.15) is 17.0 Å². The molecule has 2 aromatic heterocycles. The first-order valence-electron chi connectivity index (χ1n) is 10.6. The van der Waals surface area contributed by atoms with Gasteiger partial charge in [-0.05, 0) is 73.6 Å². The second kappa shape index (κ2) is 10.2. The molecule has 4 aromatic rings. The SMILES string of the molecule is COc1ccc(OC)c(NC(=S)N(CCc2c(C)[nH]c3ccc(Cl)cc23)Cc2ccco2)c1. The predicted molar refractivity (Wildman–Crippen MR) is 137 cm³/mol. The maximum Gasteiger partial charge on any atom is 0.173 e. The molecule has 0 saturated heterocycles. The minimum absolute atomic E-state index is 0.535. The van der Waals surface area contributed by atoms with Crippen molar-refractivity contribution in [2.45, 2.75) is 19.9 Å². The lowest BCUT2D eigenvalue weighted by Crippen LogP contribution is -2.36. The fourth-order valence-electron chi connectivity index (χ4n) is 3.87. The number of H-pyrrole nitrogens is 1. The molecule has 6 nitrogen and oxygen atoms in total. The summed E-state index contributed by atoms with van der Waals surface area (Å²) >= 11 is 12.1. The van der Waals surface area contributed by atoms with Gasteiger partial charge >= 0.3 is 0 Å². The number of aryl methyl sites for hydroxylation is 1. The second-order valence-corrected chi connectivity index (χ2v) is 8.49. The van der Waals surface area contributed by atoms with Crippen LogP contribution in [-0.4, -0.2) is 35.8 Å². The number of fused-ring (bicyclic) bond motifs is 1. The molecule has 0 saturated carbocycles. The minimum Gasteiger partial charge on any atom is -0.497 e. The number of aromatic nitrogens is 1. The van der Waals surface area contributed by atoms with Gasteiger partial charge in [-0.15, -0.1) is 0 Å². The van der Waals surface area contributed by atoms with E-state index in [2.05, 4.69) is 22.1 Å². The number of ether oxygens (including phenoxy) is 2. The summed E-state index contributed by atoms with van der Waals surface area (Å²) < 4.78 is 16.4. The van der Waals surface area contributed by atoms with Gasteiger partial charge in [-0.2, -0.15) is 0 Å². The van der Waals surface area contributed by atoms with Gasteiger partial charge in [-0.1, -0.05) is 11.6 Å². The Morgan fingerprint density at radius 3 is 2.73 bits per heavy atom. The van der Waals surface area contributed by atoms with Gasteiger partial charge in [0.25, 0.3) is 0 Å². The molecule has 33 heavy (non-hydrogen) atoms. The molecule has 2 heterocycles. The van der Waals surface area contributed by atoms with Gasteiger partial charge in [0, 0.05) is 34.2 Å². The Labute approximate surface area is 203 Å². The first-order chi connectivity index (χ1) is 16.0. The van der Waals surface area contributed by atoms with Crippen molar-refractivity contribution in [1.82, 2.24) is 9.88 Å². The molecule has 8 heteroatoms. The molecule has 4 rings (SSSR count). The monoisotopic (exact) mass is 483 g/mol. The number of nitrogens with zero attached hydrogens (tertiary/aromatic N) is 1. The first-order valence-corrected chi connectivity index (χ1v) is 11.3. The van der Waals surface area contributed by atoms with Crippen LogP contribution in [0.15, 0.2) is 59.2 Å². The standard InChI is InChI=1S/C25H26ClN3O3S/c1-16-20(21-13-17(26)6-8-22(21)27-16)10-11-29(15-19-5-4-12-32-19)25(33)28-23-14-18(30-2)7-9-24(23)31-3/h4-9,12-14,27H,10-11,15H2,1-3H3,(H,28,33). The molecule has 172 valence electrons. The summed E-state index contributed by atoms with van der Waals surface area (Å²) in [5, 5.41) is 5.74.